The molecule has 4 heteroatoms. The monoisotopic (exact) mass is 286 g/mol. The first-order valence-corrected chi connectivity index (χ1v) is 7.62. The molecule has 0 heterocycles. The third kappa shape index (κ3) is 9.82. The van der Waals surface area contributed by atoms with Crippen LogP contribution in [0.2, 0.25) is 0 Å². The first-order valence-electron chi connectivity index (χ1n) is 7.62. The van der Waals surface area contributed by atoms with Crippen molar-refractivity contribution in [3.63, 3.8) is 0 Å². The van der Waals surface area contributed by atoms with Crippen molar-refractivity contribution in [1.82, 2.24) is 0 Å². The first-order chi connectivity index (χ1) is 9.27. The third-order valence-corrected chi connectivity index (χ3v) is 3.30. The highest BCUT2D eigenvalue weighted by atomic mass is 16.5. The molecule has 0 rings (SSSR count). The second-order valence-electron chi connectivity index (χ2n) is 6.28. The van der Waals surface area contributed by atoms with E-state index in [0.717, 1.165) is 12.8 Å². The highest BCUT2D eigenvalue weighted by Gasteiger charge is 2.23. The molecule has 0 aliphatic heterocycles. The lowest BCUT2D eigenvalue weighted by molar-refractivity contribution is -0.153. The zero-order chi connectivity index (χ0) is 15.6. The fourth-order valence-corrected chi connectivity index (χ4v) is 1.37. The normalized spacial score (nSPS) is 12.8. The molecular formula is C16H30O4. The van der Waals surface area contributed by atoms with E-state index in [2.05, 4.69) is 6.92 Å². The van der Waals surface area contributed by atoms with Gasteiger partial charge in [-0.2, -0.15) is 0 Å². The molecule has 0 spiro atoms. The Bertz CT molecular complexity index is 291. The van der Waals surface area contributed by atoms with E-state index in [0.29, 0.717) is 32.3 Å². The molecule has 0 saturated carbocycles. The lowest BCUT2D eigenvalue weighted by Gasteiger charge is -2.26. The molecule has 0 N–H and O–H groups in total. The summed E-state index contributed by atoms with van der Waals surface area (Å²) in [6.07, 6.45) is 3.90. The van der Waals surface area contributed by atoms with Crippen LogP contribution >= 0.6 is 0 Å². The summed E-state index contributed by atoms with van der Waals surface area (Å²) in [7, 11) is 0. The smallest absolute Gasteiger partial charge is 0.306 e. The van der Waals surface area contributed by atoms with Gasteiger partial charge in [-0.3, -0.25) is 9.59 Å². The van der Waals surface area contributed by atoms with Gasteiger partial charge in [-0.25, -0.2) is 0 Å². The minimum Gasteiger partial charge on any atom is -0.466 e. The summed E-state index contributed by atoms with van der Waals surface area (Å²) in [5.74, 6) is -0.360. The van der Waals surface area contributed by atoms with Crippen molar-refractivity contribution in [2.24, 2.45) is 5.41 Å². The van der Waals surface area contributed by atoms with Gasteiger partial charge in [0.25, 0.3) is 0 Å². The van der Waals surface area contributed by atoms with Gasteiger partial charge in [0.1, 0.15) is 6.10 Å². The number of ether oxygens (including phenoxy) is 2. The van der Waals surface area contributed by atoms with E-state index < -0.39 is 0 Å². The summed E-state index contributed by atoms with van der Waals surface area (Å²) in [6.45, 7) is 10.6. The molecule has 0 amide bonds. The van der Waals surface area contributed by atoms with Crippen molar-refractivity contribution in [3.8, 4) is 0 Å². The number of rotatable bonds is 9. The van der Waals surface area contributed by atoms with E-state index in [1.807, 2.05) is 27.7 Å². The molecule has 0 bridgehead atoms. The topological polar surface area (TPSA) is 52.6 Å². The molecule has 0 saturated heterocycles. The molecule has 1 atom stereocenters. The van der Waals surface area contributed by atoms with Crippen LogP contribution in [0.25, 0.3) is 0 Å². The van der Waals surface area contributed by atoms with E-state index in [9.17, 15) is 9.59 Å². The van der Waals surface area contributed by atoms with Gasteiger partial charge in [-0.15, -0.1) is 0 Å². The lowest BCUT2D eigenvalue weighted by Crippen LogP contribution is -2.28. The number of hydrogen-bond acceptors (Lipinski definition) is 4. The van der Waals surface area contributed by atoms with Crippen LogP contribution in [-0.4, -0.2) is 24.6 Å². The number of carbonyl (C=O) groups is 2. The number of unbranched alkanes of at least 4 members (excludes halogenated alkanes) is 2. The van der Waals surface area contributed by atoms with E-state index in [4.69, 9.17) is 9.47 Å². The van der Waals surface area contributed by atoms with E-state index in [1.54, 1.807) is 0 Å². The Morgan fingerprint density at radius 3 is 2.05 bits per heavy atom. The zero-order valence-corrected chi connectivity index (χ0v) is 13.7. The Morgan fingerprint density at radius 2 is 1.55 bits per heavy atom. The first kappa shape index (κ1) is 18.9. The fourth-order valence-electron chi connectivity index (χ4n) is 1.37. The van der Waals surface area contributed by atoms with Gasteiger partial charge in [0, 0.05) is 12.8 Å². The number of hydrogen-bond donors (Lipinski definition) is 0. The molecule has 118 valence electrons. The van der Waals surface area contributed by atoms with Crippen LogP contribution in [0.5, 0.6) is 0 Å². The molecule has 20 heavy (non-hydrogen) atoms. The summed E-state index contributed by atoms with van der Waals surface area (Å²) in [4.78, 5) is 23.0. The van der Waals surface area contributed by atoms with Crippen molar-refractivity contribution < 1.29 is 19.1 Å². The second-order valence-corrected chi connectivity index (χ2v) is 6.28. The quantitative estimate of drug-likeness (QED) is 0.477. The molecule has 0 aromatic carbocycles. The van der Waals surface area contributed by atoms with E-state index in [1.165, 1.54) is 0 Å². The maximum atomic E-state index is 11.6. The predicted molar refractivity (Wildman–Crippen MR) is 79.3 cm³/mol. The van der Waals surface area contributed by atoms with Crippen molar-refractivity contribution in [3.05, 3.63) is 0 Å². The minimum atomic E-state index is -0.188. The molecule has 0 fully saturated rings. The molecule has 0 aromatic rings. The van der Waals surface area contributed by atoms with Crippen molar-refractivity contribution in [1.29, 1.82) is 0 Å². The van der Waals surface area contributed by atoms with Gasteiger partial charge in [0.2, 0.25) is 0 Å². The highest BCUT2D eigenvalue weighted by molar-refractivity contribution is 5.70. The molecule has 0 aromatic heterocycles. The number of esters is 2. The average Bonchev–Trinajstić information content (AvgIpc) is 2.34. The summed E-state index contributed by atoms with van der Waals surface area (Å²) in [5, 5.41) is 0. The van der Waals surface area contributed by atoms with Gasteiger partial charge in [-0.1, -0.05) is 34.1 Å². The summed E-state index contributed by atoms with van der Waals surface area (Å²) in [6, 6.07) is 0. The zero-order valence-electron chi connectivity index (χ0n) is 13.7. The maximum absolute atomic E-state index is 11.6. The molecular weight excluding hydrogens is 256 g/mol. The Kier molecular flexibility index (Phi) is 9.26. The lowest BCUT2D eigenvalue weighted by atomic mass is 9.90. The van der Waals surface area contributed by atoms with Crippen LogP contribution in [0.1, 0.15) is 73.1 Å². The van der Waals surface area contributed by atoms with Crippen molar-refractivity contribution in [2.45, 2.75) is 79.2 Å². The number of carbonyl (C=O) groups excluding carboxylic acids is 2. The van der Waals surface area contributed by atoms with E-state index >= 15 is 0 Å². The van der Waals surface area contributed by atoms with Crippen molar-refractivity contribution in [2.75, 3.05) is 6.61 Å². The summed E-state index contributed by atoms with van der Waals surface area (Å²) in [5.41, 5.74) is -0.0429. The third-order valence-electron chi connectivity index (χ3n) is 3.30. The highest BCUT2D eigenvalue weighted by Crippen LogP contribution is 2.22. The molecule has 0 aliphatic rings. The van der Waals surface area contributed by atoms with Crippen LogP contribution in [0.15, 0.2) is 0 Å². The van der Waals surface area contributed by atoms with Gasteiger partial charge in [0.05, 0.1) is 6.61 Å². The van der Waals surface area contributed by atoms with Crippen LogP contribution in [0.4, 0.5) is 0 Å². The van der Waals surface area contributed by atoms with Crippen LogP contribution in [0.3, 0.4) is 0 Å². The molecule has 4 nitrogen and oxygen atoms in total. The van der Waals surface area contributed by atoms with Crippen molar-refractivity contribution >= 4 is 11.9 Å². The van der Waals surface area contributed by atoms with Gasteiger partial charge < -0.3 is 9.47 Å². The Balaban J connectivity index is 3.64. The predicted octanol–water partition coefficient (Wildman–Crippen LogP) is 3.87. The average molecular weight is 286 g/mol. The second kappa shape index (κ2) is 9.78. The minimum absolute atomic E-state index is 0.0429. The standard InChI is InChI=1S/C16H30O4/c1-6-7-12-19-14(17)10-8-9-11-15(18)20-13(2)16(3,4)5/h13H,6-12H2,1-5H3. The Morgan fingerprint density at radius 1 is 1.00 bits per heavy atom. The largest absolute Gasteiger partial charge is 0.466 e. The Hall–Kier alpha value is -1.06. The van der Waals surface area contributed by atoms with Gasteiger partial charge in [-0.05, 0) is 31.6 Å². The summed E-state index contributed by atoms with van der Waals surface area (Å²) >= 11 is 0. The molecule has 1 unspecified atom stereocenters. The fraction of sp³-hybridized carbons (Fsp3) is 0.875. The maximum Gasteiger partial charge on any atom is 0.306 e. The molecule has 0 aliphatic carbocycles. The van der Waals surface area contributed by atoms with Crippen LogP contribution < -0.4 is 0 Å². The van der Waals surface area contributed by atoms with E-state index in [-0.39, 0.29) is 23.5 Å². The van der Waals surface area contributed by atoms with Crippen LogP contribution in [-0.2, 0) is 19.1 Å². The van der Waals surface area contributed by atoms with Gasteiger partial charge in [0.15, 0.2) is 0 Å². The Labute approximate surface area is 123 Å². The summed E-state index contributed by atoms with van der Waals surface area (Å²) < 4.78 is 10.4. The molecule has 0 radical (unpaired) electrons. The van der Waals surface area contributed by atoms with Crippen LogP contribution in [0, 0.1) is 5.41 Å². The van der Waals surface area contributed by atoms with Gasteiger partial charge >= 0.3 is 11.9 Å². The SMILES string of the molecule is CCCCOC(=O)CCCCC(=O)OC(C)C(C)(C)C.